The number of aromatic nitrogens is 2. The largest absolute Gasteiger partial charge is 0.444 e. The second-order valence-corrected chi connectivity index (χ2v) is 8.60. The molecule has 2 aliphatic rings. The molecule has 2 heterocycles. The van der Waals surface area contributed by atoms with Crippen molar-refractivity contribution in [2.24, 2.45) is 5.92 Å². The molecule has 1 aliphatic heterocycles. The maximum absolute atomic E-state index is 13.1. The van der Waals surface area contributed by atoms with Crippen molar-refractivity contribution in [1.29, 1.82) is 0 Å². The van der Waals surface area contributed by atoms with Crippen LogP contribution < -0.4 is 5.32 Å². The maximum atomic E-state index is 13.1. The van der Waals surface area contributed by atoms with Crippen LogP contribution in [-0.2, 0) is 17.8 Å². The van der Waals surface area contributed by atoms with Gasteiger partial charge >= 0.3 is 6.09 Å². The number of nitrogens with zero attached hydrogens (tertiary/aromatic N) is 3. The van der Waals surface area contributed by atoms with Gasteiger partial charge in [-0.1, -0.05) is 0 Å². The Kier molecular flexibility index (Phi) is 4.83. The number of halogens is 1. The van der Waals surface area contributed by atoms with Crippen molar-refractivity contribution in [2.45, 2.75) is 52.3 Å². The highest BCUT2D eigenvalue weighted by Gasteiger charge is 2.39. The molecule has 0 radical (unpaired) electrons. The van der Waals surface area contributed by atoms with Gasteiger partial charge < -0.3 is 10.1 Å². The average Bonchev–Trinajstić information content (AvgIpc) is 3.33. The molecule has 9 heteroatoms. The summed E-state index contributed by atoms with van der Waals surface area (Å²) >= 11 is 0. The zero-order valence-electron chi connectivity index (χ0n) is 17.1. The van der Waals surface area contributed by atoms with Gasteiger partial charge in [0.2, 0.25) is 5.91 Å². The third-order valence-electron chi connectivity index (χ3n) is 4.90. The van der Waals surface area contributed by atoms with E-state index in [4.69, 9.17) is 4.74 Å². The topological polar surface area (TPSA) is 93.5 Å². The summed E-state index contributed by atoms with van der Waals surface area (Å²) in [5.41, 5.74) is 0.786. The summed E-state index contributed by atoms with van der Waals surface area (Å²) in [6.07, 6.45) is 1.11. The number of ether oxygens (including phenoxy) is 1. The van der Waals surface area contributed by atoms with E-state index in [0.29, 0.717) is 11.3 Å². The van der Waals surface area contributed by atoms with Crippen LogP contribution >= 0.6 is 0 Å². The number of amides is 2. The molecule has 8 nitrogen and oxygen atoms in total. The molecule has 2 amide bonds. The third-order valence-corrected chi connectivity index (χ3v) is 4.90. The van der Waals surface area contributed by atoms with Crippen molar-refractivity contribution < 1.29 is 23.5 Å². The molecular weight excluding hydrogens is 391 g/mol. The molecule has 0 spiro atoms. The van der Waals surface area contributed by atoms with Gasteiger partial charge in [-0.3, -0.25) is 14.5 Å². The van der Waals surface area contributed by atoms with E-state index in [2.05, 4.69) is 10.4 Å². The lowest BCUT2D eigenvalue weighted by atomic mass is 10.2. The highest BCUT2D eigenvalue weighted by atomic mass is 19.1. The Morgan fingerprint density at radius 1 is 1.13 bits per heavy atom. The Balaban J connectivity index is 1.60. The molecule has 2 aromatic rings. The summed E-state index contributed by atoms with van der Waals surface area (Å²) in [5.74, 6) is -0.916. The number of hydrogen-bond acceptors (Lipinski definition) is 5. The van der Waals surface area contributed by atoms with E-state index in [9.17, 15) is 18.8 Å². The van der Waals surface area contributed by atoms with Crippen LogP contribution in [0.15, 0.2) is 24.3 Å². The van der Waals surface area contributed by atoms with Crippen LogP contribution in [-0.4, -0.2) is 38.2 Å². The predicted molar refractivity (Wildman–Crippen MR) is 105 cm³/mol. The molecular formula is C21H23FN4O4. The molecule has 1 saturated carbocycles. The highest BCUT2D eigenvalue weighted by Crippen LogP contribution is 2.35. The second-order valence-electron chi connectivity index (χ2n) is 8.60. The Bertz CT molecular complexity index is 1020. The molecule has 1 aromatic carbocycles. The molecule has 0 unspecified atom stereocenters. The average molecular weight is 414 g/mol. The Morgan fingerprint density at radius 2 is 1.80 bits per heavy atom. The molecule has 1 fully saturated rings. The zero-order valence-corrected chi connectivity index (χ0v) is 17.1. The summed E-state index contributed by atoms with van der Waals surface area (Å²) in [6, 6.07) is 5.12. The van der Waals surface area contributed by atoms with Crippen molar-refractivity contribution >= 4 is 23.7 Å². The first-order chi connectivity index (χ1) is 14.1. The van der Waals surface area contributed by atoms with Crippen molar-refractivity contribution in [3.63, 3.8) is 0 Å². The van der Waals surface area contributed by atoms with E-state index in [1.54, 1.807) is 20.8 Å². The molecule has 1 aliphatic carbocycles. The molecule has 4 rings (SSSR count). The first-order valence-corrected chi connectivity index (χ1v) is 9.82. The van der Waals surface area contributed by atoms with Gasteiger partial charge in [-0.05, 0) is 57.9 Å². The van der Waals surface area contributed by atoms with Gasteiger partial charge in [0, 0.05) is 17.0 Å². The van der Waals surface area contributed by atoms with Gasteiger partial charge in [0.15, 0.2) is 5.82 Å². The van der Waals surface area contributed by atoms with Gasteiger partial charge in [-0.2, -0.15) is 0 Å². The molecule has 0 saturated heterocycles. The van der Waals surface area contributed by atoms with Crippen LogP contribution in [0.1, 0.15) is 60.0 Å². The highest BCUT2D eigenvalue weighted by molar-refractivity contribution is 6.04. The van der Waals surface area contributed by atoms with E-state index in [0.717, 1.165) is 12.8 Å². The van der Waals surface area contributed by atoms with E-state index in [1.165, 1.54) is 33.8 Å². The monoisotopic (exact) mass is 414 g/mol. The molecule has 30 heavy (non-hydrogen) atoms. The van der Waals surface area contributed by atoms with Crippen molar-refractivity contribution in [1.82, 2.24) is 14.7 Å². The van der Waals surface area contributed by atoms with Gasteiger partial charge in [0.1, 0.15) is 11.4 Å². The fraction of sp³-hybridized carbons (Fsp3) is 0.429. The maximum Gasteiger partial charge on any atom is 0.410 e. The minimum absolute atomic E-state index is 0.0785. The Morgan fingerprint density at radius 3 is 2.40 bits per heavy atom. The summed E-state index contributed by atoms with van der Waals surface area (Å²) in [7, 11) is 0. The van der Waals surface area contributed by atoms with Crippen LogP contribution in [0.5, 0.6) is 0 Å². The minimum atomic E-state index is -0.651. The van der Waals surface area contributed by atoms with Gasteiger partial charge in [0.25, 0.3) is 5.91 Å². The first kappa shape index (κ1) is 20.1. The minimum Gasteiger partial charge on any atom is -0.444 e. The lowest BCUT2D eigenvalue weighted by molar-refractivity contribution is 0.0237. The van der Waals surface area contributed by atoms with E-state index in [1.807, 2.05) is 0 Å². The van der Waals surface area contributed by atoms with Crippen LogP contribution in [0.2, 0.25) is 0 Å². The number of benzene rings is 1. The summed E-state index contributed by atoms with van der Waals surface area (Å²) in [4.78, 5) is 39.3. The Labute approximate surface area is 173 Å². The summed E-state index contributed by atoms with van der Waals surface area (Å²) < 4.78 is 19.9. The van der Waals surface area contributed by atoms with Crippen LogP contribution in [0.25, 0.3) is 0 Å². The standard InChI is InChI=1S/C21H23FN4O4/c1-21(2,3)30-20(29)25-10-15-16(11-25)26(19(28)13-4-5-13)24-17(15)23-18(27)12-6-8-14(22)9-7-12/h6-9,13H,4-5,10-11H2,1-3H3,(H,23,24,27). The van der Waals surface area contributed by atoms with Crippen molar-refractivity contribution in [3.8, 4) is 0 Å². The third kappa shape index (κ3) is 4.05. The van der Waals surface area contributed by atoms with Gasteiger partial charge in [-0.25, -0.2) is 13.9 Å². The molecule has 0 atom stereocenters. The number of fused-ring (bicyclic) bond motifs is 1. The Hall–Kier alpha value is -3.23. The number of hydrogen-bond donors (Lipinski definition) is 1. The number of rotatable bonds is 3. The second kappa shape index (κ2) is 7.23. The fourth-order valence-electron chi connectivity index (χ4n) is 3.26. The van der Waals surface area contributed by atoms with Crippen LogP contribution in [0.4, 0.5) is 15.0 Å². The van der Waals surface area contributed by atoms with Crippen LogP contribution in [0.3, 0.4) is 0 Å². The predicted octanol–water partition coefficient (Wildman–Crippen LogP) is 3.58. The van der Waals surface area contributed by atoms with Gasteiger partial charge in [-0.15, -0.1) is 5.10 Å². The van der Waals surface area contributed by atoms with E-state index < -0.39 is 23.4 Å². The lowest BCUT2D eigenvalue weighted by Gasteiger charge is -2.24. The smallest absolute Gasteiger partial charge is 0.410 e. The number of carbonyl (C=O) groups is 3. The van der Waals surface area contributed by atoms with E-state index >= 15 is 0 Å². The molecule has 158 valence electrons. The van der Waals surface area contributed by atoms with Crippen molar-refractivity contribution in [3.05, 3.63) is 46.9 Å². The molecule has 1 aromatic heterocycles. The number of carbonyl (C=O) groups excluding carboxylic acids is 3. The van der Waals surface area contributed by atoms with E-state index in [-0.39, 0.29) is 36.3 Å². The summed E-state index contributed by atoms with van der Waals surface area (Å²) in [5, 5.41) is 7.02. The number of nitrogens with one attached hydrogen (secondary N) is 1. The fourth-order valence-corrected chi connectivity index (χ4v) is 3.26. The van der Waals surface area contributed by atoms with Crippen LogP contribution in [0, 0.1) is 11.7 Å². The zero-order chi connectivity index (χ0) is 21.6. The molecule has 1 N–H and O–H groups in total. The number of anilines is 1. The first-order valence-electron chi connectivity index (χ1n) is 9.82. The summed E-state index contributed by atoms with van der Waals surface area (Å²) in [6.45, 7) is 5.67. The normalized spacial score (nSPS) is 15.7. The lowest BCUT2D eigenvalue weighted by Crippen LogP contribution is -2.34. The SMILES string of the molecule is CC(C)(C)OC(=O)N1Cc2c(NC(=O)c3ccc(F)cc3)nn(C(=O)C3CC3)c2C1. The van der Waals surface area contributed by atoms with Gasteiger partial charge in [0.05, 0.1) is 18.8 Å². The molecule has 0 bridgehead atoms. The van der Waals surface area contributed by atoms with Crippen molar-refractivity contribution in [2.75, 3.05) is 5.32 Å². The quantitative estimate of drug-likeness (QED) is 0.829.